The van der Waals surface area contributed by atoms with Crippen molar-refractivity contribution in [1.29, 1.82) is 0 Å². The molecule has 0 aromatic rings. The van der Waals surface area contributed by atoms with Gasteiger partial charge in [-0.1, -0.05) is 0 Å². The van der Waals surface area contributed by atoms with E-state index in [1.807, 2.05) is 0 Å². The molecule has 1 unspecified atom stereocenters. The minimum absolute atomic E-state index is 0.0333. The molecule has 0 saturated heterocycles. The predicted octanol–water partition coefficient (Wildman–Crippen LogP) is 1.64. The Morgan fingerprint density at radius 1 is 1.00 bits per heavy atom. The van der Waals surface area contributed by atoms with E-state index in [1.54, 1.807) is 34.6 Å². The van der Waals surface area contributed by atoms with Crippen LogP contribution in [-0.4, -0.2) is 43.9 Å². The van der Waals surface area contributed by atoms with Gasteiger partial charge in [-0.2, -0.15) is 0 Å². The Bertz CT molecular complexity index is 397. The van der Waals surface area contributed by atoms with Gasteiger partial charge in [-0.3, -0.25) is 4.79 Å². The van der Waals surface area contributed by atoms with Crippen molar-refractivity contribution in [2.45, 2.75) is 52.7 Å². The highest BCUT2D eigenvalue weighted by molar-refractivity contribution is 5.83. The van der Waals surface area contributed by atoms with Gasteiger partial charge in [0.1, 0.15) is 11.6 Å². The summed E-state index contributed by atoms with van der Waals surface area (Å²) in [5, 5.41) is 2.42. The maximum atomic E-state index is 11.8. The Labute approximate surface area is 125 Å². The summed E-state index contributed by atoms with van der Waals surface area (Å²) in [5.74, 6) is -1.14. The van der Waals surface area contributed by atoms with Gasteiger partial charge in [-0.15, -0.1) is 0 Å². The second-order valence-corrected chi connectivity index (χ2v) is 6.30. The SMILES string of the molecule is COC(=O)C(CC(C)(C)C(=O)OC)NC(=O)OC(C)(C)C. The maximum absolute atomic E-state index is 11.8. The number of hydrogen-bond donors (Lipinski definition) is 1. The number of carbonyl (C=O) groups is 3. The van der Waals surface area contributed by atoms with Gasteiger partial charge in [0, 0.05) is 0 Å². The summed E-state index contributed by atoms with van der Waals surface area (Å²) in [6.07, 6.45) is -0.718. The second-order valence-electron chi connectivity index (χ2n) is 6.30. The van der Waals surface area contributed by atoms with Crippen molar-refractivity contribution in [3.05, 3.63) is 0 Å². The third-order valence-electron chi connectivity index (χ3n) is 2.63. The number of alkyl carbamates (subject to hydrolysis) is 1. The summed E-state index contributed by atoms with van der Waals surface area (Å²) in [5.41, 5.74) is -1.65. The van der Waals surface area contributed by atoms with Crippen LogP contribution in [0.3, 0.4) is 0 Å². The van der Waals surface area contributed by atoms with Gasteiger partial charge in [0.15, 0.2) is 0 Å². The molecule has 0 aromatic carbocycles. The topological polar surface area (TPSA) is 90.9 Å². The normalized spacial score (nSPS) is 13.1. The molecule has 1 amide bonds. The number of esters is 2. The molecule has 1 N–H and O–H groups in total. The summed E-state index contributed by atoms with van der Waals surface area (Å²) >= 11 is 0. The van der Waals surface area contributed by atoms with E-state index in [0.717, 1.165) is 0 Å². The summed E-state index contributed by atoms with van der Waals surface area (Å²) in [6, 6.07) is -1.00. The van der Waals surface area contributed by atoms with Crippen molar-refractivity contribution in [2.75, 3.05) is 14.2 Å². The van der Waals surface area contributed by atoms with E-state index < -0.39 is 35.1 Å². The van der Waals surface area contributed by atoms with Gasteiger partial charge in [0.2, 0.25) is 0 Å². The summed E-state index contributed by atoms with van der Waals surface area (Å²) in [4.78, 5) is 35.2. The predicted molar refractivity (Wildman–Crippen MR) is 75.6 cm³/mol. The van der Waals surface area contributed by atoms with Crippen LogP contribution in [0.4, 0.5) is 4.79 Å². The first-order chi connectivity index (χ1) is 9.42. The summed E-state index contributed by atoms with van der Waals surface area (Å²) in [7, 11) is 2.47. The molecule has 7 nitrogen and oxygen atoms in total. The molecule has 0 heterocycles. The van der Waals surface area contributed by atoms with Crippen LogP contribution in [0.1, 0.15) is 41.0 Å². The van der Waals surface area contributed by atoms with Gasteiger partial charge in [-0.05, 0) is 41.0 Å². The average molecular weight is 303 g/mol. The van der Waals surface area contributed by atoms with E-state index >= 15 is 0 Å². The largest absolute Gasteiger partial charge is 0.469 e. The molecule has 1 atom stereocenters. The van der Waals surface area contributed by atoms with E-state index in [0.29, 0.717) is 0 Å². The molecule has 0 aliphatic heterocycles. The fraction of sp³-hybridized carbons (Fsp3) is 0.786. The molecule has 0 bridgehead atoms. The van der Waals surface area contributed by atoms with Crippen molar-refractivity contribution in [2.24, 2.45) is 5.41 Å². The van der Waals surface area contributed by atoms with Crippen LogP contribution in [0, 0.1) is 5.41 Å². The lowest BCUT2D eigenvalue weighted by molar-refractivity contribution is -0.153. The smallest absolute Gasteiger partial charge is 0.408 e. The Kier molecular flexibility index (Phi) is 6.66. The highest BCUT2D eigenvalue weighted by Crippen LogP contribution is 2.24. The van der Waals surface area contributed by atoms with E-state index in [2.05, 4.69) is 14.8 Å². The molecule has 0 radical (unpaired) electrons. The molecule has 122 valence electrons. The fourth-order valence-electron chi connectivity index (χ4n) is 1.66. The Hall–Kier alpha value is -1.79. The zero-order chi connectivity index (χ0) is 16.8. The molecule has 0 saturated carbocycles. The first-order valence-electron chi connectivity index (χ1n) is 6.58. The van der Waals surface area contributed by atoms with Gasteiger partial charge in [0.25, 0.3) is 0 Å². The fourth-order valence-corrected chi connectivity index (χ4v) is 1.66. The average Bonchev–Trinajstić information content (AvgIpc) is 2.33. The summed E-state index contributed by atoms with van der Waals surface area (Å²) in [6.45, 7) is 8.35. The quantitative estimate of drug-likeness (QED) is 0.613. The van der Waals surface area contributed by atoms with Gasteiger partial charge in [0.05, 0.1) is 19.6 Å². The van der Waals surface area contributed by atoms with E-state index in [1.165, 1.54) is 14.2 Å². The van der Waals surface area contributed by atoms with E-state index in [4.69, 9.17) is 4.74 Å². The van der Waals surface area contributed by atoms with Crippen LogP contribution in [0.15, 0.2) is 0 Å². The number of rotatable bonds is 5. The Morgan fingerprint density at radius 3 is 1.90 bits per heavy atom. The lowest BCUT2D eigenvalue weighted by atomic mass is 9.85. The monoisotopic (exact) mass is 303 g/mol. The standard InChI is InChI=1S/C14H25NO6/c1-13(2,3)21-12(18)15-9(10(16)19-6)8-14(4,5)11(17)20-7/h9H,8H2,1-7H3,(H,15,18). The lowest BCUT2D eigenvalue weighted by Gasteiger charge is -2.27. The van der Waals surface area contributed by atoms with Crippen LogP contribution >= 0.6 is 0 Å². The van der Waals surface area contributed by atoms with Crippen molar-refractivity contribution < 1.29 is 28.6 Å². The third-order valence-corrected chi connectivity index (χ3v) is 2.63. The van der Waals surface area contributed by atoms with Gasteiger partial charge < -0.3 is 19.5 Å². The number of ether oxygens (including phenoxy) is 3. The molecule has 0 aliphatic carbocycles. The highest BCUT2D eigenvalue weighted by atomic mass is 16.6. The molecular formula is C14H25NO6. The second kappa shape index (κ2) is 7.28. The van der Waals surface area contributed by atoms with Crippen LogP contribution in [0.5, 0.6) is 0 Å². The minimum Gasteiger partial charge on any atom is -0.469 e. The van der Waals surface area contributed by atoms with Crippen LogP contribution in [0.2, 0.25) is 0 Å². The van der Waals surface area contributed by atoms with Crippen molar-refractivity contribution >= 4 is 18.0 Å². The van der Waals surface area contributed by atoms with E-state index in [-0.39, 0.29) is 6.42 Å². The molecule has 0 rings (SSSR count). The van der Waals surface area contributed by atoms with Crippen molar-refractivity contribution in [3.8, 4) is 0 Å². The first-order valence-corrected chi connectivity index (χ1v) is 6.58. The third kappa shape index (κ3) is 6.97. The Morgan fingerprint density at radius 2 is 1.52 bits per heavy atom. The van der Waals surface area contributed by atoms with Crippen molar-refractivity contribution in [1.82, 2.24) is 5.32 Å². The van der Waals surface area contributed by atoms with E-state index in [9.17, 15) is 14.4 Å². The molecule has 0 aromatic heterocycles. The Balaban J connectivity index is 4.95. The van der Waals surface area contributed by atoms with Crippen LogP contribution in [-0.2, 0) is 23.8 Å². The minimum atomic E-state index is -1.00. The lowest BCUT2D eigenvalue weighted by Crippen LogP contribution is -2.47. The number of hydrogen-bond acceptors (Lipinski definition) is 6. The number of carbonyl (C=O) groups excluding carboxylic acids is 3. The molecule has 0 spiro atoms. The van der Waals surface area contributed by atoms with Gasteiger partial charge in [-0.25, -0.2) is 9.59 Å². The number of methoxy groups -OCH3 is 2. The maximum Gasteiger partial charge on any atom is 0.408 e. The van der Waals surface area contributed by atoms with Crippen LogP contribution in [0.25, 0.3) is 0 Å². The molecule has 7 heteroatoms. The highest BCUT2D eigenvalue weighted by Gasteiger charge is 2.36. The molecule has 0 aliphatic rings. The molecule has 21 heavy (non-hydrogen) atoms. The number of amides is 1. The molecule has 0 fully saturated rings. The first kappa shape index (κ1) is 19.2. The zero-order valence-electron chi connectivity index (χ0n) is 13.7. The van der Waals surface area contributed by atoms with Crippen LogP contribution < -0.4 is 5.32 Å². The summed E-state index contributed by atoms with van der Waals surface area (Å²) < 4.78 is 14.4. The number of nitrogens with one attached hydrogen (secondary N) is 1. The zero-order valence-corrected chi connectivity index (χ0v) is 13.7. The van der Waals surface area contributed by atoms with Gasteiger partial charge >= 0.3 is 18.0 Å². The van der Waals surface area contributed by atoms with Crippen molar-refractivity contribution in [3.63, 3.8) is 0 Å². The molecular weight excluding hydrogens is 278 g/mol.